The lowest BCUT2D eigenvalue weighted by molar-refractivity contribution is -0.117. The molecule has 2 heterocycles. The van der Waals surface area contributed by atoms with E-state index in [4.69, 9.17) is 11.6 Å². The number of carbonyl (C=O) groups is 1. The Morgan fingerprint density at radius 1 is 0.966 bits per heavy atom. The molecule has 0 atom stereocenters. The smallest absolute Gasteiger partial charge is 0.243 e. The normalized spacial score (nSPS) is 18.5. The van der Waals surface area contributed by atoms with Crippen LogP contribution in [-0.2, 0) is 14.8 Å². The lowest BCUT2D eigenvalue weighted by Gasteiger charge is -2.36. The average molecular weight is 434 g/mol. The third kappa shape index (κ3) is 3.86. The summed E-state index contributed by atoms with van der Waals surface area (Å²) in [5.74, 6) is 0.0932. The Balaban J connectivity index is 1.51. The Morgan fingerprint density at radius 3 is 2.31 bits per heavy atom. The summed E-state index contributed by atoms with van der Waals surface area (Å²) in [6.07, 6.45) is 1.39. The van der Waals surface area contributed by atoms with Crippen LogP contribution >= 0.6 is 11.6 Å². The minimum Gasteiger partial charge on any atom is -0.368 e. The Labute approximate surface area is 176 Å². The van der Waals surface area contributed by atoms with Crippen LogP contribution in [0, 0.1) is 6.92 Å². The number of sulfonamides is 1. The van der Waals surface area contributed by atoms with Crippen LogP contribution in [-0.4, -0.2) is 51.4 Å². The number of benzene rings is 2. The zero-order valence-corrected chi connectivity index (χ0v) is 17.9. The molecular formula is C21H24ClN3O3S. The van der Waals surface area contributed by atoms with Gasteiger partial charge in [0.2, 0.25) is 15.9 Å². The first-order valence-corrected chi connectivity index (χ1v) is 11.6. The Hall–Kier alpha value is -2.09. The van der Waals surface area contributed by atoms with E-state index in [1.54, 1.807) is 30.0 Å². The standard InChI is InChI=1S/C21H24ClN3O3S/c1-16-15-17(25-10-4-7-21(25)26)8-9-20(16)29(27,28)24-13-11-23(12-14-24)19-6-3-2-5-18(19)22/h2-3,5-6,8-9,15H,4,7,10-14H2,1H3. The molecule has 1 amide bonds. The van der Waals surface area contributed by atoms with Crippen molar-refractivity contribution >= 4 is 38.9 Å². The molecule has 2 aliphatic heterocycles. The predicted molar refractivity (Wildman–Crippen MR) is 115 cm³/mol. The summed E-state index contributed by atoms with van der Waals surface area (Å²) in [5.41, 5.74) is 2.37. The van der Waals surface area contributed by atoms with Crippen LogP contribution in [0.25, 0.3) is 0 Å². The Bertz CT molecular complexity index is 1030. The molecule has 2 aromatic rings. The van der Waals surface area contributed by atoms with Crippen LogP contribution in [0.5, 0.6) is 0 Å². The molecule has 2 saturated heterocycles. The molecule has 2 aromatic carbocycles. The van der Waals surface area contributed by atoms with Gasteiger partial charge >= 0.3 is 0 Å². The number of para-hydroxylation sites is 1. The maximum atomic E-state index is 13.2. The summed E-state index contributed by atoms with van der Waals surface area (Å²) in [6, 6.07) is 12.8. The highest BCUT2D eigenvalue weighted by Crippen LogP contribution is 2.30. The highest BCUT2D eigenvalue weighted by atomic mass is 35.5. The summed E-state index contributed by atoms with van der Waals surface area (Å²) in [5, 5.41) is 0.673. The zero-order valence-electron chi connectivity index (χ0n) is 16.3. The fourth-order valence-electron chi connectivity index (χ4n) is 4.03. The second kappa shape index (κ2) is 7.97. The molecule has 0 aromatic heterocycles. The molecule has 0 radical (unpaired) electrons. The van der Waals surface area contributed by atoms with Crippen molar-refractivity contribution in [2.75, 3.05) is 42.5 Å². The van der Waals surface area contributed by atoms with Gasteiger partial charge < -0.3 is 9.80 Å². The van der Waals surface area contributed by atoms with E-state index in [9.17, 15) is 13.2 Å². The number of halogens is 1. The van der Waals surface area contributed by atoms with E-state index in [-0.39, 0.29) is 5.91 Å². The van der Waals surface area contributed by atoms with Gasteiger partial charge in [0.05, 0.1) is 15.6 Å². The summed E-state index contributed by atoms with van der Waals surface area (Å²) < 4.78 is 28.0. The van der Waals surface area contributed by atoms with E-state index in [0.717, 1.165) is 17.8 Å². The largest absolute Gasteiger partial charge is 0.368 e. The molecule has 0 unspecified atom stereocenters. The number of aryl methyl sites for hydroxylation is 1. The number of rotatable bonds is 4. The van der Waals surface area contributed by atoms with Gasteiger partial charge in [-0.05, 0) is 49.2 Å². The van der Waals surface area contributed by atoms with Crippen molar-refractivity contribution in [1.82, 2.24) is 4.31 Å². The number of carbonyl (C=O) groups excluding carboxylic acids is 1. The summed E-state index contributed by atoms with van der Waals surface area (Å²) in [7, 11) is -3.59. The second-order valence-electron chi connectivity index (χ2n) is 7.44. The second-order valence-corrected chi connectivity index (χ2v) is 9.75. The van der Waals surface area contributed by atoms with Gasteiger partial charge in [0, 0.05) is 44.8 Å². The average Bonchev–Trinajstić information content (AvgIpc) is 3.14. The quantitative estimate of drug-likeness (QED) is 0.742. The van der Waals surface area contributed by atoms with Crippen LogP contribution in [0.2, 0.25) is 5.02 Å². The van der Waals surface area contributed by atoms with Crippen molar-refractivity contribution in [3.8, 4) is 0 Å². The molecule has 2 fully saturated rings. The summed E-state index contributed by atoms with van der Waals surface area (Å²) in [6.45, 7) is 4.45. The molecule has 0 spiro atoms. The van der Waals surface area contributed by atoms with Crippen molar-refractivity contribution < 1.29 is 13.2 Å². The van der Waals surface area contributed by atoms with Crippen LogP contribution in [0.3, 0.4) is 0 Å². The number of hydrogen-bond donors (Lipinski definition) is 0. The molecule has 0 N–H and O–H groups in total. The van der Waals surface area contributed by atoms with Gasteiger partial charge in [-0.25, -0.2) is 8.42 Å². The van der Waals surface area contributed by atoms with Crippen molar-refractivity contribution in [2.45, 2.75) is 24.7 Å². The van der Waals surface area contributed by atoms with Crippen molar-refractivity contribution in [1.29, 1.82) is 0 Å². The van der Waals surface area contributed by atoms with Crippen LogP contribution in [0.1, 0.15) is 18.4 Å². The van der Waals surface area contributed by atoms with Gasteiger partial charge in [-0.3, -0.25) is 4.79 Å². The van der Waals surface area contributed by atoms with Crippen molar-refractivity contribution in [2.24, 2.45) is 0 Å². The van der Waals surface area contributed by atoms with E-state index in [0.29, 0.717) is 54.6 Å². The van der Waals surface area contributed by atoms with Gasteiger partial charge in [0.15, 0.2) is 0 Å². The monoisotopic (exact) mass is 433 g/mol. The molecule has 2 aliphatic rings. The molecule has 6 nitrogen and oxygen atoms in total. The minimum atomic E-state index is -3.59. The Kier molecular flexibility index (Phi) is 5.55. The van der Waals surface area contributed by atoms with Gasteiger partial charge in [0.1, 0.15) is 0 Å². The maximum absolute atomic E-state index is 13.2. The highest BCUT2D eigenvalue weighted by Gasteiger charge is 2.31. The van der Waals surface area contributed by atoms with Gasteiger partial charge in [0.25, 0.3) is 0 Å². The van der Waals surface area contributed by atoms with Crippen molar-refractivity contribution in [3.05, 3.63) is 53.1 Å². The summed E-state index contributed by atoms with van der Waals surface area (Å²) in [4.78, 5) is 16.1. The van der Waals surface area contributed by atoms with E-state index >= 15 is 0 Å². The first-order chi connectivity index (χ1) is 13.9. The number of amides is 1. The number of piperazine rings is 1. The highest BCUT2D eigenvalue weighted by molar-refractivity contribution is 7.89. The minimum absolute atomic E-state index is 0.0932. The molecular weight excluding hydrogens is 410 g/mol. The lowest BCUT2D eigenvalue weighted by atomic mass is 10.2. The molecule has 8 heteroatoms. The van der Waals surface area contributed by atoms with Gasteiger partial charge in [-0.1, -0.05) is 23.7 Å². The van der Waals surface area contributed by atoms with Gasteiger partial charge in [-0.15, -0.1) is 0 Å². The van der Waals surface area contributed by atoms with Crippen LogP contribution in [0.15, 0.2) is 47.4 Å². The first-order valence-electron chi connectivity index (χ1n) is 9.78. The molecule has 0 aliphatic carbocycles. The third-order valence-electron chi connectivity index (χ3n) is 5.59. The SMILES string of the molecule is Cc1cc(N2CCCC2=O)ccc1S(=O)(=O)N1CCN(c2ccccc2Cl)CC1. The Morgan fingerprint density at radius 2 is 1.69 bits per heavy atom. The molecule has 29 heavy (non-hydrogen) atoms. The van der Waals surface area contributed by atoms with Crippen LogP contribution < -0.4 is 9.80 Å². The fourth-order valence-corrected chi connectivity index (χ4v) is 5.91. The third-order valence-corrected chi connectivity index (χ3v) is 7.97. The van der Waals surface area contributed by atoms with E-state index in [2.05, 4.69) is 4.90 Å². The lowest BCUT2D eigenvalue weighted by Crippen LogP contribution is -2.48. The number of anilines is 2. The molecule has 0 saturated carbocycles. The topological polar surface area (TPSA) is 60.9 Å². The molecule has 154 valence electrons. The van der Waals surface area contributed by atoms with Gasteiger partial charge in [-0.2, -0.15) is 4.31 Å². The number of nitrogens with zero attached hydrogens (tertiary/aromatic N) is 3. The van der Waals surface area contributed by atoms with E-state index < -0.39 is 10.0 Å². The predicted octanol–water partition coefficient (Wildman–Crippen LogP) is 3.29. The molecule has 0 bridgehead atoms. The number of hydrogen-bond acceptors (Lipinski definition) is 4. The summed E-state index contributed by atoms with van der Waals surface area (Å²) >= 11 is 6.28. The zero-order chi connectivity index (χ0) is 20.6. The van der Waals surface area contributed by atoms with Crippen molar-refractivity contribution in [3.63, 3.8) is 0 Å². The van der Waals surface area contributed by atoms with E-state index in [1.807, 2.05) is 24.3 Å². The van der Waals surface area contributed by atoms with E-state index in [1.165, 1.54) is 4.31 Å². The molecule has 4 rings (SSSR count). The fraction of sp³-hybridized carbons (Fsp3) is 0.381. The first kappa shape index (κ1) is 20.2. The maximum Gasteiger partial charge on any atom is 0.243 e. The van der Waals surface area contributed by atoms with Crippen LogP contribution in [0.4, 0.5) is 11.4 Å².